The maximum Gasteiger partial charge on any atom is 0.244 e. The minimum Gasteiger partial charge on any atom is -0.350 e. The summed E-state index contributed by atoms with van der Waals surface area (Å²) >= 11 is 0. The molecular formula is C16H18FNO. The van der Waals surface area contributed by atoms with Gasteiger partial charge in [-0.3, -0.25) is 4.79 Å². The summed E-state index contributed by atoms with van der Waals surface area (Å²) in [4.78, 5) is 11.9. The third-order valence-corrected chi connectivity index (χ3v) is 4.07. The molecule has 0 unspecified atom stereocenters. The second-order valence-electron chi connectivity index (χ2n) is 5.46. The van der Waals surface area contributed by atoms with Crippen LogP contribution in [0.15, 0.2) is 24.3 Å². The first kappa shape index (κ1) is 12.4. The number of halogens is 1. The molecule has 1 aromatic rings. The highest BCUT2D eigenvalue weighted by Gasteiger charge is 2.20. The van der Waals surface area contributed by atoms with Crippen LogP contribution in [0.1, 0.15) is 43.2 Å². The van der Waals surface area contributed by atoms with E-state index < -0.39 is 0 Å². The monoisotopic (exact) mass is 259 g/mol. The first-order valence-electron chi connectivity index (χ1n) is 7.02. The number of carbonyl (C=O) groups is 1. The zero-order valence-corrected chi connectivity index (χ0v) is 10.9. The SMILES string of the molecule is O=C(C=C1CCCc2ccc(F)cc21)NC1CCC1. The first-order chi connectivity index (χ1) is 9.22. The van der Waals surface area contributed by atoms with E-state index in [0.29, 0.717) is 6.04 Å². The fourth-order valence-corrected chi connectivity index (χ4v) is 2.77. The molecule has 2 nitrogen and oxygen atoms in total. The molecule has 0 bridgehead atoms. The van der Waals surface area contributed by atoms with Crippen LogP contribution in [0, 0.1) is 5.82 Å². The quantitative estimate of drug-likeness (QED) is 0.812. The molecule has 1 N–H and O–H groups in total. The Morgan fingerprint density at radius 2 is 2.11 bits per heavy atom. The molecule has 1 amide bonds. The van der Waals surface area contributed by atoms with Crippen LogP contribution < -0.4 is 5.32 Å². The highest BCUT2D eigenvalue weighted by atomic mass is 19.1. The predicted octanol–water partition coefficient (Wildman–Crippen LogP) is 3.21. The number of hydrogen-bond donors (Lipinski definition) is 1. The average Bonchev–Trinajstić information content (AvgIpc) is 2.35. The number of rotatable bonds is 2. The Morgan fingerprint density at radius 1 is 1.26 bits per heavy atom. The molecule has 2 aliphatic rings. The second kappa shape index (κ2) is 5.16. The van der Waals surface area contributed by atoms with Gasteiger partial charge in [-0.05, 0) is 67.4 Å². The van der Waals surface area contributed by atoms with E-state index in [0.717, 1.165) is 48.8 Å². The summed E-state index contributed by atoms with van der Waals surface area (Å²) in [6.07, 6.45) is 7.89. The molecule has 0 saturated heterocycles. The normalized spacial score (nSPS) is 20.8. The lowest BCUT2D eigenvalue weighted by Crippen LogP contribution is -2.38. The van der Waals surface area contributed by atoms with Gasteiger partial charge in [0.1, 0.15) is 5.82 Å². The minimum atomic E-state index is -0.231. The van der Waals surface area contributed by atoms with E-state index in [1.165, 1.54) is 12.5 Å². The van der Waals surface area contributed by atoms with Crippen LogP contribution in [-0.4, -0.2) is 11.9 Å². The van der Waals surface area contributed by atoms with Crippen molar-refractivity contribution in [2.75, 3.05) is 0 Å². The van der Waals surface area contributed by atoms with Gasteiger partial charge >= 0.3 is 0 Å². The molecule has 0 spiro atoms. The summed E-state index contributed by atoms with van der Waals surface area (Å²) in [6.45, 7) is 0. The Morgan fingerprint density at radius 3 is 2.84 bits per heavy atom. The molecule has 3 rings (SSSR count). The highest BCUT2D eigenvalue weighted by Crippen LogP contribution is 2.31. The number of aryl methyl sites for hydroxylation is 1. The summed E-state index contributed by atoms with van der Waals surface area (Å²) in [5, 5.41) is 3.00. The lowest BCUT2D eigenvalue weighted by molar-refractivity contribution is -0.117. The van der Waals surface area contributed by atoms with Gasteiger partial charge in [0.05, 0.1) is 0 Å². The van der Waals surface area contributed by atoms with Gasteiger partial charge in [-0.15, -0.1) is 0 Å². The number of fused-ring (bicyclic) bond motifs is 1. The summed E-state index contributed by atoms with van der Waals surface area (Å²) in [5.74, 6) is -0.261. The molecule has 3 heteroatoms. The molecule has 19 heavy (non-hydrogen) atoms. The van der Waals surface area contributed by atoms with Gasteiger partial charge in [-0.1, -0.05) is 6.07 Å². The molecule has 0 atom stereocenters. The van der Waals surface area contributed by atoms with Crippen molar-refractivity contribution in [3.63, 3.8) is 0 Å². The van der Waals surface area contributed by atoms with Gasteiger partial charge < -0.3 is 5.32 Å². The van der Waals surface area contributed by atoms with Gasteiger partial charge in [0.25, 0.3) is 0 Å². The van der Waals surface area contributed by atoms with Crippen molar-refractivity contribution in [2.45, 2.75) is 44.6 Å². The van der Waals surface area contributed by atoms with Crippen LogP contribution in [0.4, 0.5) is 4.39 Å². The summed E-state index contributed by atoms with van der Waals surface area (Å²) in [5.41, 5.74) is 3.03. The molecule has 1 saturated carbocycles. The third-order valence-electron chi connectivity index (χ3n) is 4.07. The van der Waals surface area contributed by atoms with Crippen LogP contribution >= 0.6 is 0 Å². The van der Waals surface area contributed by atoms with Crippen molar-refractivity contribution in [1.82, 2.24) is 5.32 Å². The van der Waals surface area contributed by atoms with E-state index >= 15 is 0 Å². The smallest absolute Gasteiger partial charge is 0.244 e. The van der Waals surface area contributed by atoms with E-state index in [1.807, 2.05) is 6.07 Å². The van der Waals surface area contributed by atoms with Crippen LogP contribution in [-0.2, 0) is 11.2 Å². The largest absolute Gasteiger partial charge is 0.350 e. The Bertz CT molecular complexity index is 532. The predicted molar refractivity (Wildman–Crippen MR) is 73.1 cm³/mol. The van der Waals surface area contributed by atoms with E-state index in [4.69, 9.17) is 0 Å². The number of benzene rings is 1. The zero-order chi connectivity index (χ0) is 13.2. The average molecular weight is 259 g/mol. The van der Waals surface area contributed by atoms with Gasteiger partial charge in [0.2, 0.25) is 5.91 Å². The number of nitrogens with one attached hydrogen (secondary N) is 1. The van der Waals surface area contributed by atoms with Crippen molar-refractivity contribution in [3.05, 3.63) is 41.2 Å². The lowest BCUT2D eigenvalue weighted by atomic mass is 9.87. The second-order valence-corrected chi connectivity index (χ2v) is 5.46. The zero-order valence-electron chi connectivity index (χ0n) is 10.9. The van der Waals surface area contributed by atoms with Gasteiger partial charge in [0.15, 0.2) is 0 Å². The number of carbonyl (C=O) groups excluding carboxylic acids is 1. The van der Waals surface area contributed by atoms with Gasteiger partial charge in [-0.2, -0.15) is 0 Å². The van der Waals surface area contributed by atoms with Crippen LogP contribution in [0.3, 0.4) is 0 Å². The Kier molecular flexibility index (Phi) is 3.36. The lowest BCUT2D eigenvalue weighted by Gasteiger charge is -2.26. The summed E-state index contributed by atoms with van der Waals surface area (Å²) in [6, 6.07) is 5.23. The minimum absolute atomic E-state index is 0.0307. The molecule has 0 aliphatic heterocycles. The van der Waals surface area contributed by atoms with E-state index in [1.54, 1.807) is 12.1 Å². The molecule has 0 radical (unpaired) electrons. The number of amides is 1. The van der Waals surface area contributed by atoms with E-state index in [9.17, 15) is 9.18 Å². The van der Waals surface area contributed by atoms with Gasteiger partial charge in [0, 0.05) is 12.1 Å². The molecule has 1 fully saturated rings. The molecular weight excluding hydrogens is 241 g/mol. The fourth-order valence-electron chi connectivity index (χ4n) is 2.77. The molecule has 0 aromatic heterocycles. The standard InChI is InChI=1S/C16H18FNO/c17-13-8-7-11-3-1-4-12(15(11)10-13)9-16(19)18-14-5-2-6-14/h7-10,14H,1-6H2,(H,18,19). The molecule has 2 aliphatic carbocycles. The maximum absolute atomic E-state index is 13.4. The van der Waals surface area contributed by atoms with Crippen molar-refractivity contribution in [3.8, 4) is 0 Å². The first-order valence-corrected chi connectivity index (χ1v) is 7.02. The Hall–Kier alpha value is -1.64. The Labute approximate surface area is 112 Å². The Balaban J connectivity index is 1.81. The van der Waals surface area contributed by atoms with E-state index in [-0.39, 0.29) is 11.7 Å². The van der Waals surface area contributed by atoms with Crippen molar-refractivity contribution in [2.24, 2.45) is 0 Å². The van der Waals surface area contributed by atoms with Crippen LogP contribution in [0.25, 0.3) is 5.57 Å². The van der Waals surface area contributed by atoms with E-state index in [2.05, 4.69) is 5.32 Å². The summed E-state index contributed by atoms with van der Waals surface area (Å²) < 4.78 is 13.4. The number of hydrogen-bond acceptors (Lipinski definition) is 1. The summed E-state index contributed by atoms with van der Waals surface area (Å²) in [7, 11) is 0. The fraction of sp³-hybridized carbons (Fsp3) is 0.438. The van der Waals surface area contributed by atoms with Crippen molar-refractivity contribution < 1.29 is 9.18 Å². The third kappa shape index (κ3) is 2.70. The van der Waals surface area contributed by atoms with Crippen molar-refractivity contribution >= 4 is 11.5 Å². The molecule has 0 heterocycles. The molecule has 100 valence electrons. The van der Waals surface area contributed by atoms with Gasteiger partial charge in [-0.25, -0.2) is 4.39 Å². The highest BCUT2D eigenvalue weighted by molar-refractivity contribution is 5.96. The van der Waals surface area contributed by atoms with Crippen molar-refractivity contribution in [1.29, 1.82) is 0 Å². The van der Waals surface area contributed by atoms with Crippen LogP contribution in [0.5, 0.6) is 0 Å². The maximum atomic E-state index is 13.4. The topological polar surface area (TPSA) is 29.1 Å². The molecule has 1 aromatic carbocycles. The number of allylic oxidation sites excluding steroid dienone is 1. The van der Waals surface area contributed by atoms with Crippen LogP contribution in [0.2, 0.25) is 0 Å².